The average molecular weight is 884 g/mol. The summed E-state index contributed by atoms with van der Waals surface area (Å²) in [6.07, 6.45) is 15.6. The number of quaternary nitrogens is 1. The van der Waals surface area contributed by atoms with Crippen molar-refractivity contribution in [3.63, 3.8) is 0 Å². The molecule has 8 nitrogen and oxygen atoms in total. The molecule has 2 aliphatic rings. The van der Waals surface area contributed by atoms with Gasteiger partial charge in [-0.15, -0.1) is 13.2 Å². The number of nitrogens with two attached hydrogens (primary N) is 1. The third kappa shape index (κ3) is 15.3. The fourth-order valence-corrected chi connectivity index (χ4v) is 9.05. The van der Waals surface area contributed by atoms with Crippen LogP contribution >= 0.6 is 0 Å². The van der Waals surface area contributed by atoms with Gasteiger partial charge >= 0.3 is 0 Å². The van der Waals surface area contributed by atoms with Crippen molar-refractivity contribution >= 4 is 22.8 Å². The van der Waals surface area contributed by atoms with Gasteiger partial charge in [0.25, 0.3) is 0 Å². The van der Waals surface area contributed by atoms with Crippen LogP contribution in [0.2, 0.25) is 0 Å². The van der Waals surface area contributed by atoms with Crippen molar-refractivity contribution in [1.29, 1.82) is 0 Å². The highest BCUT2D eigenvalue weighted by Gasteiger charge is 2.32. The number of nitrogens with zero attached hydrogens (tertiary/aromatic N) is 6. The Kier molecular flexibility index (Phi) is 23.5. The van der Waals surface area contributed by atoms with Crippen molar-refractivity contribution in [2.45, 2.75) is 105 Å². The van der Waals surface area contributed by atoms with Gasteiger partial charge in [-0.2, -0.15) is 0 Å². The van der Waals surface area contributed by atoms with Crippen LogP contribution in [-0.4, -0.2) is 99.8 Å². The molecule has 6 rings (SSSR count). The first-order chi connectivity index (χ1) is 31.0. The molecule has 1 fully saturated rings. The number of allylic oxidation sites excluding steroid dienone is 2. The topological polar surface area (TPSA) is 73.5 Å². The number of benzene rings is 3. The molecule has 1 aromatic heterocycles. The minimum Gasteiger partial charge on any atom is -0.402 e. The molecule has 354 valence electrons. The predicted octanol–water partition coefficient (Wildman–Crippen LogP) is 12.0. The average Bonchev–Trinajstić information content (AvgIpc) is 3.31. The summed E-state index contributed by atoms with van der Waals surface area (Å²) in [5.74, 6) is 1.65. The Bertz CT molecular complexity index is 2060. The summed E-state index contributed by atoms with van der Waals surface area (Å²) in [5.41, 5.74) is 17.9. The number of fused-ring (bicyclic) bond motifs is 1. The van der Waals surface area contributed by atoms with Crippen LogP contribution in [0.25, 0.3) is 22.5 Å². The lowest BCUT2D eigenvalue weighted by atomic mass is 9.92. The lowest BCUT2D eigenvalue weighted by molar-refractivity contribution is 0.258. The van der Waals surface area contributed by atoms with E-state index in [0.717, 1.165) is 116 Å². The molecule has 0 radical (unpaired) electrons. The maximum absolute atomic E-state index is 6.54. The van der Waals surface area contributed by atoms with Crippen LogP contribution in [-0.2, 0) is 12.8 Å². The molecule has 1 atom stereocenters. The standard InChI is InChI=1S/C52H70N7.C2H7N.C2H6.CH4/c1-8-11-25-46(10-3)58-33-31-45-24-20-26-48(51(45)41(58)5)59(6,7)38-19-14-12-13-16-21-42-27-29-43(30-28-42)47-39-49(57-36-34-56(32-9-2)35-37-57)55-52(54-47)50(40(4)53)44-22-17-15-18-23-44;1-3-2;1-2;/h8,10,15,17-18,20,22-24,26-30,39,46H,1,3,5,9,11-14,16,19,21,25,31-38,53H2,2,4,6-7H3;3H,1-2H3;1-2H3;1H4/q+1;;;/b50-40-;;;. The second-order valence-electron chi connectivity index (χ2n) is 17.7. The molecular weight excluding hydrogens is 797 g/mol. The van der Waals surface area contributed by atoms with Crippen molar-refractivity contribution < 1.29 is 0 Å². The number of hydrogen-bond acceptors (Lipinski definition) is 7. The Balaban J connectivity index is 0.00000179. The van der Waals surface area contributed by atoms with Crippen molar-refractivity contribution in [1.82, 2.24) is 29.6 Å². The maximum atomic E-state index is 6.54. The predicted molar refractivity (Wildman–Crippen MR) is 286 cm³/mol. The van der Waals surface area contributed by atoms with Gasteiger partial charge in [0, 0.05) is 67.4 Å². The molecule has 0 bridgehead atoms. The Morgan fingerprint density at radius 2 is 1.52 bits per heavy atom. The fourth-order valence-electron chi connectivity index (χ4n) is 9.05. The van der Waals surface area contributed by atoms with Gasteiger partial charge in [-0.05, 0) is 102 Å². The Hall–Kier alpha value is -5.02. The lowest BCUT2D eigenvalue weighted by Gasteiger charge is -2.40. The Morgan fingerprint density at radius 3 is 2.15 bits per heavy atom. The van der Waals surface area contributed by atoms with Crippen LogP contribution in [0.5, 0.6) is 0 Å². The van der Waals surface area contributed by atoms with Gasteiger partial charge < -0.3 is 20.9 Å². The number of aromatic nitrogens is 2. The van der Waals surface area contributed by atoms with Gasteiger partial charge in [-0.1, -0.05) is 127 Å². The van der Waals surface area contributed by atoms with Gasteiger partial charge in [-0.3, -0.25) is 9.38 Å². The van der Waals surface area contributed by atoms with Crippen LogP contribution < -0.4 is 20.4 Å². The lowest BCUT2D eigenvalue weighted by Crippen LogP contribution is -2.46. The SMILES string of the molecule is C.C=CCCC(C=C)N1CCc2cccc([N+](C)(C)CCCCCCCc3ccc(-c4cc(N5CCN(CCC)CC5)nc(/C(=C(/C)N)c5ccccc5)n4)cc3)c2C1=C.CC.CNC. The van der Waals surface area contributed by atoms with E-state index in [1.54, 1.807) is 0 Å². The molecule has 3 N–H and O–H groups in total. The zero-order chi connectivity index (χ0) is 46.5. The molecule has 0 spiro atoms. The summed E-state index contributed by atoms with van der Waals surface area (Å²) in [4.78, 5) is 17.7. The van der Waals surface area contributed by atoms with E-state index in [-0.39, 0.29) is 13.5 Å². The summed E-state index contributed by atoms with van der Waals surface area (Å²) in [5, 5.41) is 2.75. The van der Waals surface area contributed by atoms with E-state index < -0.39 is 0 Å². The summed E-state index contributed by atoms with van der Waals surface area (Å²) < 4.78 is 0.869. The summed E-state index contributed by atoms with van der Waals surface area (Å²) in [6.45, 7) is 28.2. The molecule has 0 saturated carbocycles. The number of piperazine rings is 1. The minimum absolute atomic E-state index is 0. The van der Waals surface area contributed by atoms with Crippen LogP contribution in [0, 0.1) is 0 Å². The zero-order valence-electron chi connectivity index (χ0n) is 41.1. The quantitative estimate of drug-likeness (QED) is 0.0520. The molecule has 4 aromatic rings. The molecule has 1 saturated heterocycles. The van der Waals surface area contributed by atoms with Crippen LogP contribution in [0.3, 0.4) is 0 Å². The van der Waals surface area contributed by atoms with E-state index in [1.807, 2.05) is 59.1 Å². The van der Waals surface area contributed by atoms with E-state index >= 15 is 0 Å². The third-order valence-electron chi connectivity index (χ3n) is 12.4. The number of hydrogen-bond donors (Lipinski definition) is 2. The number of anilines is 1. The fraction of sp³-hybridized carbons (Fsp3) is 0.474. The van der Waals surface area contributed by atoms with Gasteiger partial charge in [-0.25, -0.2) is 9.97 Å². The molecule has 3 aromatic carbocycles. The highest BCUT2D eigenvalue weighted by atomic mass is 15.3. The zero-order valence-corrected chi connectivity index (χ0v) is 41.1. The van der Waals surface area contributed by atoms with Crippen molar-refractivity contribution in [3.05, 3.63) is 145 Å². The monoisotopic (exact) mass is 884 g/mol. The van der Waals surface area contributed by atoms with Crippen LogP contribution in [0.1, 0.15) is 115 Å². The highest BCUT2D eigenvalue weighted by molar-refractivity contribution is 5.80. The molecule has 0 aliphatic carbocycles. The summed E-state index contributed by atoms with van der Waals surface area (Å²) >= 11 is 0. The first-order valence-electron chi connectivity index (χ1n) is 24.3. The molecule has 0 amide bonds. The van der Waals surface area contributed by atoms with E-state index in [0.29, 0.717) is 5.82 Å². The molecule has 8 heteroatoms. The molecule has 1 unspecified atom stereocenters. The van der Waals surface area contributed by atoms with Crippen LogP contribution in [0.15, 0.2) is 116 Å². The van der Waals surface area contributed by atoms with E-state index in [2.05, 4.69) is 128 Å². The van der Waals surface area contributed by atoms with Crippen molar-refractivity contribution in [3.8, 4) is 11.3 Å². The number of rotatable bonds is 20. The Morgan fingerprint density at radius 1 is 0.862 bits per heavy atom. The van der Waals surface area contributed by atoms with Gasteiger partial charge in [0.15, 0.2) is 5.82 Å². The van der Waals surface area contributed by atoms with Gasteiger partial charge in [0.1, 0.15) is 11.5 Å². The number of unbranched alkanes of at least 4 members (excludes halogenated alkanes) is 4. The van der Waals surface area contributed by atoms with E-state index in [1.165, 1.54) is 60.9 Å². The van der Waals surface area contributed by atoms with Crippen molar-refractivity contribution in [2.75, 3.05) is 78.9 Å². The normalized spacial score (nSPS) is 14.7. The smallest absolute Gasteiger partial charge is 0.164 e. The maximum Gasteiger partial charge on any atom is 0.164 e. The van der Waals surface area contributed by atoms with Crippen molar-refractivity contribution in [2.24, 2.45) is 5.73 Å². The molecule has 3 heterocycles. The highest BCUT2D eigenvalue weighted by Crippen LogP contribution is 2.39. The third-order valence-corrected chi connectivity index (χ3v) is 12.4. The largest absolute Gasteiger partial charge is 0.402 e. The first-order valence-corrected chi connectivity index (χ1v) is 24.3. The number of nitrogens with one attached hydrogen (secondary N) is 1. The molecule has 65 heavy (non-hydrogen) atoms. The number of aryl methyl sites for hydroxylation is 1. The van der Waals surface area contributed by atoms with E-state index in [4.69, 9.17) is 15.7 Å². The van der Waals surface area contributed by atoms with E-state index in [9.17, 15) is 0 Å². The molecule has 2 aliphatic heterocycles. The second-order valence-corrected chi connectivity index (χ2v) is 17.7. The minimum atomic E-state index is 0. The second kappa shape index (κ2) is 28.1. The Labute approximate surface area is 396 Å². The first kappa shape index (κ1) is 54.3. The molecular formula is C57H87N8+. The van der Waals surface area contributed by atoms with Gasteiger partial charge in [0.05, 0.1) is 31.9 Å². The van der Waals surface area contributed by atoms with Gasteiger partial charge in [0.2, 0.25) is 0 Å². The summed E-state index contributed by atoms with van der Waals surface area (Å²) in [7, 11) is 8.48. The van der Waals surface area contributed by atoms with Crippen LogP contribution in [0.4, 0.5) is 11.5 Å². The summed E-state index contributed by atoms with van der Waals surface area (Å²) in [6, 6.07) is 28.7.